The van der Waals surface area contributed by atoms with Gasteiger partial charge in [-0.2, -0.15) is 0 Å². The van der Waals surface area contributed by atoms with Gasteiger partial charge in [-0.15, -0.1) is 11.6 Å². The van der Waals surface area contributed by atoms with Gasteiger partial charge in [-0.25, -0.2) is 0 Å². The Morgan fingerprint density at radius 3 is 2.00 bits per heavy atom. The van der Waals surface area contributed by atoms with Gasteiger partial charge in [0.2, 0.25) is 0 Å². The van der Waals surface area contributed by atoms with E-state index in [0.29, 0.717) is 0 Å². The van der Waals surface area contributed by atoms with E-state index in [4.69, 9.17) is 11.6 Å². The Morgan fingerprint density at radius 1 is 0.950 bits per heavy atom. The summed E-state index contributed by atoms with van der Waals surface area (Å²) in [7, 11) is 0. The van der Waals surface area contributed by atoms with Crippen molar-refractivity contribution in [3.8, 4) is 0 Å². The number of nitrogens with zero attached hydrogens (tertiary/aromatic N) is 2. The molecule has 0 N–H and O–H groups in total. The Bertz CT molecular complexity index is 616. The highest BCUT2D eigenvalue weighted by Crippen LogP contribution is 2.16. The summed E-state index contributed by atoms with van der Waals surface area (Å²) in [5.74, 6) is 0. The van der Waals surface area contributed by atoms with Crippen molar-refractivity contribution >= 4 is 29.7 Å². The third-order valence-electron chi connectivity index (χ3n) is 2.81. The molecule has 0 aliphatic rings. The van der Waals surface area contributed by atoms with Gasteiger partial charge in [0, 0.05) is 5.56 Å². The van der Waals surface area contributed by atoms with Crippen LogP contribution in [0.25, 0.3) is 5.70 Å². The number of aliphatic imine (C=N–C) groups is 2. The summed E-state index contributed by atoms with van der Waals surface area (Å²) < 4.78 is 0. The van der Waals surface area contributed by atoms with Crippen LogP contribution < -0.4 is 0 Å². The number of benzene rings is 2. The van der Waals surface area contributed by atoms with E-state index >= 15 is 0 Å². The van der Waals surface area contributed by atoms with E-state index < -0.39 is 0 Å². The minimum Gasteiger partial charge on any atom is -0.269 e. The maximum absolute atomic E-state index is 5.76. The number of alkyl halides is 1. The SMILES string of the molecule is C=N/C(=C\C(=N/CCl)c1ccccc1)c1ccccc1. The van der Waals surface area contributed by atoms with Crippen LogP contribution in [0.4, 0.5) is 0 Å². The number of allylic oxidation sites excluding steroid dienone is 1. The number of halogens is 1. The highest BCUT2D eigenvalue weighted by molar-refractivity contribution is 6.20. The van der Waals surface area contributed by atoms with E-state index in [-0.39, 0.29) is 6.00 Å². The second kappa shape index (κ2) is 7.41. The topological polar surface area (TPSA) is 24.7 Å². The highest BCUT2D eigenvalue weighted by Gasteiger charge is 2.04. The fourth-order valence-corrected chi connectivity index (χ4v) is 1.98. The lowest BCUT2D eigenvalue weighted by atomic mass is 10.1. The molecule has 2 rings (SSSR count). The van der Waals surface area contributed by atoms with Crippen molar-refractivity contribution in [2.45, 2.75) is 0 Å². The molecule has 3 heteroatoms. The van der Waals surface area contributed by atoms with Crippen LogP contribution in [-0.2, 0) is 0 Å². The van der Waals surface area contributed by atoms with Gasteiger partial charge < -0.3 is 0 Å². The Balaban J connectivity index is 2.43. The third-order valence-corrected chi connectivity index (χ3v) is 2.93. The lowest BCUT2D eigenvalue weighted by Crippen LogP contribution is -1.98. The third kappa shape index (κ3) is 3.65. The van der Waals surface area contributed by atoms with E-state index in [2.05, 4.69) is 16.7 Å². The normalized spacial score (nSPS) is 12.2. The fourth-order valence-electron chi connectivity index (χ4n) is 1.85. The van der Waals surface area contributed by atoms with Crippen LogP contribution in [0.15, 0.2) is 76.7 Å². The van der Waals surface area contributed by atoms with Crippen LogP contribution >= 0.6 is 11.6 Å². The number of hydrogen-bond donors (Lipinski definition) is 0. The fraction of sp³-hybridized carbons (Fsp3) is 0.0588. The van der Waals surface area contributed by atoms with E-state index in [1.807, 2.05) is 66.7 Å². The molecule has 0 amide bonds. The van der Waals surface area contributed by atoms with Crippen LogP contribution in [0.2, 0.25) is 0 Å². The van der Waals surface area contributed by atoms with Crippen LogP contribution in [-0.4, -0.2) is 18.4 Å². The summed E-state index contributed by atoms with van der Waals surface area (Å²) in [6.45, 7) is 3.64. The van der Waals surface area contributed by atoms with Gasteiger partial charge in [0.1, 0.15) is 6.00 Å². The molecule has 0 heterocycles. The van der Waals surface area contributed by atoms with E-state index in [0.717, 1.165) is 22.5 Å². The first-order valence-electron chi connectivity index (χ1n) is 6.25. The first-order valence-corrected chi connectivity index (χ1v) is 6.78. The van der Waals surface area contributed by atoms with Crippen LogP contribution in [0, 0.1) is 0 Å². The molecule has 0 fully saturated rings. The lowest BCUT2D eigenvalue weighted by molar-refractivity contribution is 1.36. The quantitative estimate of drug-likeness (QED) is 0.441. The van der Waals surface area contributed by atoms with E-state index in [1.54, 1.807) is 0 Å². The van der Waals surface area contributed by atoms with Crippen molar-refractivity contribution in [2.24, 2.45) is 9.98 Å². The highest BCUT2D eigenvalue weighted by atomic mass is 35.5. The summed E-state index contributed by atoms with van der Waals surface area (Å²) >= 11 is 5.76. The largest absolute Gasteiger partial charge is 0.269 e. The van der Waals surface area contributed by atoms with Crippen molar-refractivity contribution in [1.29, 1.82) is 0 Å². The van der Waals surface area contributed by atoms with Crippen molar-refractivity contribution in [3.05, 3.63) is 77.9 Å². The lowest BCUT2D eigenvalue weighted by Gasteiger charge is -2.05. The Morgan fingerprint density at radius 2 is 1.50 bits per heavy atom. The van der Waals surface area contributed by atoms with Gasteiger partial charge in [-0.05, 0) is 18.4 Å². The van der Waals surface area contributed by atoms with Crippen molar-refractivity contribution in [2.75, 3.05) is 6.00 Å². The second-order valence-corrected chi connectivity index (χ2v) is 4.32. The summed E-state index contributed by atoms with van der Waals surface area (Å²) in [5, 5.41) is 0. The van der Waals surface area contributed by atoms with Gasteiger partial charge in [0.05, 0.1) is 11.4 Å². The minimum atomic E-state index is 0.208. The molecular weight excluding hydrogens is 268 g/mol. The van der Waals surface area contributed by atoms with Crippen LogP contribution in [0.3, 0.4) is 0 Å². The molecule has 2 aromatic carbocycles. The molecule has 0 saturated heterocycles. The molecule has 0 atom stereocenters. The minimum absolute atomic E-state index is 0.208. The molecular formula is C17H15ClN2. The van der Waals surface area contributed by atoms with Crippen LogP contribution in [0.5, 0.6) is 0 Å². The summed E-state index contributed by atoms with van der Waals surface area (Å²) in [6, 6.07) is 20.0. The molecule has 2 nitrogen and oxygen atoms in total. The average molecular weight is 283 g/mol. The molecule has 0 aromatic heterocycles. The van der Waals surface area contributed by atoms with Gasteiger partial charge in [-0.1, -0.05) is 60.7 Å². The van der Waals surface area contributed by atoms with Crippen molar-refractivity contribution < 1.29 is 0 Å². The summed E-state index contributed by atoms with van der Waals surface area (Å²) in [4.78, 5) is 8.42. The first kappa shape index (κ1) is 14.2. The molecule has 0 aliphatic heterocycles. The first-order chi connectivity index (χ1) is 9.85. The predicted molar refractivity (Wildman–Crippen MR) is 87.7 cm³/mol. The monoisotopic (exact) mass is 282 g/mol. The molecule has 0 aliphatic carbocycles. The molecule has 0 saturated carbocycles. The number of rotatable bonds is 5. The summed E-state index contributed by atoms with van der Waals surface area (Å²) in [5.41, 5.74) is 3.58. The zero-order chi connectivity index (χ0) is 14.2. The molecule has 0 unspecified atom stereocenters. The zero-order valence-electron chi connectivity index (χ0n) is 11.0. The Labute approximate surface area is 124 Å². The molecule has 0 radical (unpaired) electrons. The van der Waals surface area contributed by atoms with Gasteiger partial charge >= 0.3 is 0 Å². The number of hydrogen-bond acceptors (Lipinski definition) is 2. The van der Waals surface area contributed by atoms with Gasteiger partial charge in [-0.3, -0.25) is 9.98 Å². The molecule has 100 valence electrons. The standard InChI is InChI=1S/C17H15ClN2/c1-19-16(14-8-4-2-5-9-14)12-17(20-13-18)15-10-6-3-7-11-15/h2-12H,1,13H2/b16-12-,20-17+. The smallest absolute Gasteiger partial charge is 0.114 e. The van der Waals surface area contributed by atoms with E-state index in [9.17, 15) is 0 Å². The second-order valence-electron chi connectivity index (χ2n) is 4.08. The molecule has 20 heavy (non-hydrogen) atoms. The maximum atomic E-state index is 5.76. The average Bonchev–Trinajstić information content (AvgIpc) is 2.53. The van der Waals surface area contributed by atoms with Crippen molar-refractivity contribution in [3.63, 3.8) is 0 Å². The van der Waals surface area contributed by atoms with Crippen LogP contribution in [0.1, 0.15) is 11.1 Å². The van der Waals surface area contributed by atoms with Gasteiger partial charge in [0.15, 0.2) is 0 Å². The molecule has 0 bridgehead atoms. The Kier molecular flexibility index (Phi) is 5.27. The predicted octanol–water partition coefficient (Wildman–Crippen LogP) is 4.41. The van der Waals surface area contributed by atoms with Gasteiger partial charge in [0.25, 0.3) is 0 Å². The Hall–Kier alpha value is -2.19. The van der Waals surface area contributed by atoms with Crippen molar-refractivity contribution in [1.82, 2.24) is 0 Å². The maximum Gasteiger partial charge on any atom is 0.114 e. The summed E-state index contributed by atoms with van der Waals surface area (Å²) in [6.07, 6.45) is 1.90. The molecule has 2 aromatic rings. The molecule has 0 spiro atoms. The van der Waals surface area contributed by atoms with E-state index in [1.165, 1.54) is 0 Å². The zero-order valence-corrected chi connectivity index (χ0v) is 11.8.